The Bertz CT molecular complexity index is 245. The van der Waals surface area contributed by atoms with Crippen LogP contribution in [0.2, 0.25) is 0 Å². The Hall–Kier alpha value is -1.30. The Kier molecular flexibility index (Phi) is 4.36. The normalized spacial score (nSPS) is 21.1. The molecule has 3 N–H and O–H groups in total. The van der Waals surface area contributed by atoms with Gasteiger partial charge in [0.25, 0.3) is 0 Å². The molecule has 1 aliphatic rings. The maximum Gasteiger partial charge on any atom is 0.409 e. The largest absolute Gasteiger partial charge is 0.449 e. The first-order valence-electron chi connectivity index (χ1n) is 5.09. The molecule has 15 heavy (non-hydrogen) atoms. The number of hydrogen-bond donors (Lipinski definition) is 2. The van der Waals surface area contributed by atoms with Crippen LogP contribution in [0, 0.1) is 0 Å². The van der Waals surface area contributed by atoms with Gasteiger partial charge in [0.2, 0.25) is 5.91 Å². The van der Waals surface area contributed by atoms with Gasteiger partial charge in [-0.1, -0.05) is 6.92 Å². The summed E-state index contributed by atoms with van der Waals surface area (Å²) in [6.07, 6.45) is 0.418. The van der Waals surface area contributed by atoms with E-state index in [0.717, 1.165) is 6.42 Å². The molecule has 6 heteroatoms. The Morgan fingerprint density at radius 1 is 1.60 bits per heavy atom. The van der Waals surface area contributed by atoms with Crippen LogP contribution >= 0.6 is 0 Å². The minimum absolute atomic E-state index is 0.290. The maximum atomic E-state index is 11.4. The third-order valence-corrected chi connectivity index (χ3v) is 2.21. The number of nitrogens with one attached hydrogen (secondary N) is 1. The zero-order valence-corrected chi connectivity index (χ0v) is 8.86. The van der Waals surface area contributed by atoms with Crippen LogP contribution in [0.4, 0.5) is 4.79 Å². The SMILES string of the molecule is CCCOC(=O)N1CCNC(C(N)=O)C1. The summed E-state index contributed by atoms with van der Waals surface area (Å²) in [6.45, 7) is 3.74. The molecule has 1 fully saturated rings. The second-order valence-corrected chi connectivity index (χ2v) is 3.47. The molecule has 0 saturated carbocycles. The topological polar surface area (TPSA) is 84.7 Å². The summed E-state index contributed by atoms with van der Waals surface area (Å²) in [7, 11) is 0. The van der Waals surface area contributed by atoms with Crippen molar-refractivity contribution in [1.29, 1.82) is 0 Å². The number of nitrogens with two attached hydrogens (primary N) is 1. The molecule has 0 aliphatic carbocycles. The third-order valence-electron chi connectivity index (χ3n) is 2.21. The number of primary amides is 1. The molecule has 1 atom stereocenters. The number of carbonyl (C=O) groups excluding carboxylic acids is 2. The smallest absolute Gasteiger partial charge is 0.409 e. The summed E-state index contributed by atoms with van der Waals surface area (Å²) in [6, 6.07) is -0.465. The van der Waals surface area contributed by atoms with E-state index in [2.05, 4.69) is 5.32 Å². The summed E-state index contributed by atoms with van der Waals surface area (Å²) in [5, 5.41) is 2.94. The van der Waals surface area contributed by atoms with E-state index in [0.29, 0.717) is 19.7 Å². The second-order valence-electron chi connectivity index (χ2n) is 3.47. The van der Waals surface area contributed by atoms with Gasteiger partial charge in [-0.3, -0.25) is 4.79 Å². The average molecular weight is 215 g/mol. The van der Waals surface area contributed by atoms with Crippen molar-refractivity contribution in [3.05, 3.63) is 0 Å². The van der Waals surface area contributed by atoms with Crippen molar-refractivity contribution in [3.8, 4) is 0 Å². The number of nitrogens with zero attached hydrogens (tertiary/aromatic N) is 1. The minimum atomic E-state index is -0.465. The number of amides is 2. The summed E-state index contributed by atoms with van der Waals surface area (Å²) in [4.78, 5) is 23.9. The molecule has 0 aromatic carbocycles. The minimum Gasteiger partial charge on any atom is -0.449 e. The van der Waals surface area contributed by atoms with Gasteiger partial charge in [-0.15, -0.1) is 0 Å². The quantitative estimate of drug-likeness (QED) is 0.651. The molecular weight excluding hydrogens is 198 g/mol. The van der Waals surface area contributed by atoms with Crippen molar-refractivity contribution in [1.82, 2.24) is 10.2 Å². The molecule has 0 spiro atoms. The maximum absolute atomic E-state index is 11.4. The van der Waals surface area contributed by atoms with Gasteiger partial charge >= 0.3 is 6.09 Å². The molecule has 0 aromatic heterocycles. The molecule has 2 amide bonds. The first-order valence-corrected chi connectivity index (χ1v) is 5.09. The highest BCUT2D eigenvalue weighted by molar-refractivity contribution is 5.81. The van der Waals surface area contributed by atoms with Crippen LogP contribution in [0.5, 0.6) is 0 Å². The van der Waals surface area contributed by atoms with Crippen molar-refractivity contribution < 1.29 is 14.3 Å². The summed E-state index contributed by atoms with van der Waals surface area (Å²) >= 11 is 0. The molecule has 1 heterocycles. The van der Waals surface area contributed by atoms with Gasteiger partial charge in [-0.25, -0.2) is 4.79 Å². The monoisotopic (exact) mass is 215 g/mol. The van der Waals surface area contributed by atoms with Crippen LogP contribution in [0.3, 0.4) is 0 Å². The molecule has 1 saturated heterocycles. The average Bonchev–Trinajstić information content (AvgIpc) is 2.26. The van der Waals surface area contributed by atoms with E-state index in [9.17, 15) is 9.59 Å². The molecule has 1 aliphatic heterocycles. The van der Waals surface area contributed by atoms with Crippen molar-refractivity contribution in [2.75, 3.05) is 26.2 Å². The zero-order chi connectivity index (χ0) is 11.3. The Labute approximate surface area is 88.7 Å². The molecule has 86 valence electrons. The Balaban J connectivity index is 2.41. The number of ether oxygens (including phenoxy) is 1. The molecule has 0 aromatic rings. The Morgan fingerprint density at radius 3 is 2.93 bits per heavy atom. The van der Waals surface area contributed by atoms with E-state index in [1.165, 1.54) is 4.90 Å². The fraction of sp³-hybridized carbons (Fsp3) is 0.778. The second kappa shape index (κ2) is 5.55. The first-order chi connectivity index (χ1) is 7.15. The Morgan fingerprint density at radius 2 is 2.33 bits per heavy atom. The van der Waals surface area contributed by atoms with Crippen molar-refractivity contribution in [3.63, 3.8) is 0 Å². The molecule has 6 nitrogen and oxygen atoms in total. The fourth-order valence-corrected chi connectivity index (χ4v) is 1.39. The zero-order valence-electron chi connectivity index (χ0n) is 8.86. The van der Waals surface area contributed by atoms with Crippen molar-refractivity contribution in [2.24, 2.45) is 5.73 Å². The van der Waals surface area contributed by atoms with E-state index in [4.69, 9.17) is 10.5 Å². The van der Waals surface area contributed by atoms with E-state index in [1.807, 2.05) is 6.92 Å². The summed E-state index contributed by atoms with van der Waals surface area (Å²) in [5.41, 5.74) is 5.15. The molecule has 1 unspecified atom stereocenters. The van der Waals surface area contributed by atoms with Gasteiger partial charge < -0.3 is 20.7 Å². The lowest BCUT2D eigenvalue weighted by molar-refractivity contribution is -0.120. The van der Waals surface area contributed by atoms with Crippen LogP contribution < -0.4 is 11.1 Å². The van der Waals surface area contributed by atoms with E-state index in [1.54, 1.807) is 0 Å². The number of carbonyl (C=O) groups is 2. The fourth-order valence-electron chi connectivity index (χ4n) is 1.39. The number of piperazine rings is 1. The van der Waals surface area contributed by atoms with E-state index < -0.39 is 11.9 Å². The van der Waals surface area contributed by atoms with Gasteiger partial charge in [0, 0.05) is 19.6 Å². The van der Waals surface area contributed by atoms with Gasteiger partial charge in [-0.05, 0) is 6.42 Å². The van der Waals surface area contributed by atoms with Crippen molar-refractivity contribution >= 4 is 12.0 Å². The van der Waals surface area contributed by atoms with E-state index >= 15 is 0 Å². The predicted molar refractivity (Wildman–Crippen MR) is 54.2 cm³/mol. The van der Waals surface area contributed by atoms with Crippen LogP contribution in [-0.2, 0) is 9.53 Å². The molecule has 1 rings (SSSR count). The van der Waals surface area contributed by atoms with Gasteiger partial charge in [0.05, 0.1) is 6.61 Å². The summed E-state index contributed by atoms with van der Waals surface area (Å²) < 4.78 is 4.97. The highest BCUT2D eigenvalue weighted by Crippen LogP contribution is 2.01. The van der Waals surface area contributed by atoms with Crippen LogP contribution in [-0.4, -0.2) is 49.2 Å². The first kappa shape index (κ1) is 11.8. The van der Waals surface area contributed by atoms with Gasteiger partial charge in [0.1, 0.15) is 6.04 Å². The van der Waals surface area contributed by atoms with Gasteiger partial charge in [-0.2, -0.15) is 0 Å². The molecule has 0 radical (unpaired) electrons. The van der Waals surface area contributed by atoms with Crippen molar-refractivity contribution in [2.45, 2.75) is 19.4 Å². The highest BCUT2D eigenvalue weighted by atomic mass is 16.6. The third kappa shape index (κ3) is 3.39. The predicted octanol–water partition coefficient (Wildman–Crippen LogP) is -0.708. The highest BCUT2D eigenvalue weighted by Gasteiger charge is 2.27. The molecular formula is C9H17N3O3. The summed E-state index contributed by atoms with van der Waals surface area (Å²) in [5.74, 6) is -0.442. The number of rotatable bonds is 3. The lowest BCUT2D eigenvalue weighted by Crippen LogP contribution is -2.57. The number of hydrogen-bond acceptors (Lipinski definition) is 4. The standard InChI is InChI=1S/C9H17N3O3/c1-2-5-15-9(14)12-4-3-11-7(6-12)8(10)13/h7,11H,2-6H2,1H3,(H2,10,13). The van der Waals surface area contributed by atoms with Gasteiger partial charge in [0.15, 0.2) is 0 Å². The lowest BCUT2D eigenvalue weighted by Gasteiger charge is -2.31. The van der Waals surface area contributed by atoms with E-state index in [-0.39, 0.29) is 12.6 Å². The van der Waals surface area contributed by atoms with Crippen LogP contribution in [0.25, 0.3) is 0 Å². The van der Waals surface area contributed by atoms with Crippen LogP contribution in [0.15, 0.2) is 0 Å². The lowest BCUT2D eigenvalue weighted by atomic mass is 10.2. The molecule has 0 bridgehead atoms. The van der Waals surface area contributed by atoms with Crippen LogP contribution in [0.1, 0.15) is 13.3 Å².